The van der Waals surface area contributed by atoms with E-state index in [1.54, 1.807) is 0 Å². The minimum absolute atomic E-state index is 0.907. The molecule has 2 aromatic carbocycles. The molecule has 0 amide bonds. The normalized spacial score (nSPS) is 11.4. The minimum Gasteiger partial charge on any atom is -0.282 e. The Bertz CT molecular complexity index is 1000. The molecule has 0 aliphatic rings. The first-order valence-electron chi connectivity index (χ1n) is 8.29. The lowest BCUT2D eigenvalue weighted by molar-refractivity contribution is 0.795. The van der Waals surface area contributed by atoms with Crippen LogP contribution in [0, 0.1) is 3.57 Å². The number of hydrogen-bond donors (Lipinski definition) is 0. The molecule has 0 spiro atoms. The number of halogens is 1. The van der Waals surface area contributed by atoms with Crippen molar-refractivity contribution < 1.29 is 0 Å². The molecule has 2 aromatic heterocycles. The molecule has 0 radical (unpaired) electrons. The number of rotatable bonds is 4. The average Bonchev–Trinajstić information content (AvgIpc) is 3.04. The first-order chi connectivity index (χ1) is 11.8. The molecular weight excluding hydrogens is 409 g/mol. The van der Waals surface area contributed by atoms with Crippen molar-refractivity contribution in [3.8, 4) is 11.4 Å². The summed E-state index contributed by atoms with van der Waals surface area (Å²) < 4.78 is 3.37. The number of hydrogen-bond acceptors (Lipinski definition) is 2. The van der Waals surface area contributed by atoms with Crippen LogP contribution in [0.5, 0.6) is 0 Å². The highest BCUT2D eigenvalue weighted by Crippen LogP contribution is 2.28. The molecule has 0 bridgehead atoms. The summed E-state index contributed by atoms with van der Waals surface area (Å²) in [4.78, 5) is 0. The van der Waals surface area contributed by atoms with Crippen LogP contribution in [0.15, 0.2) is 54.7 Å². The monoisotopic (exact) mass is 427 g/mol. The summed E-state index contributed by atoms with van der Waals surface area (Å²) in [7, 11) is 0. The lowest BCUT2D eigenvalue weighted by Crippen LogP contribution is -1.96. The number of unbranched alkanes of at least 4 members (excludes halogenated alkanes) is 1. The summed E-state index contributed by atoms with van der Waals surface area (Å²) in [5.74, 6) is 0.907. The van der Waals surface area contributed by atoms with Gasteiger partial charge < -0.3 is 0 Å². The fourth-order valence-electron chi connectivity index (χ4n) is 3.14. The van der Waals surface area contributed by atoms with Gasteiger partial charge in [-0.25, -0.2) is 0 Å². The molecule has 3 nitrogen and oxygen atoms in total. The quantitative estimate of drug-likeness (QED) is 0.403. The smallest absolute Gasteiger partial charge is 0.168 e. The molecule has 0 aliphatic carbocycles. The van der Waals surface area contributed by atoms with Gasteiger partial charge in [0.25, 0.3) is 0 Å². The van der Waals surface area contributed by atoms with Crippen LogP contribution in [0.3, 0.4) is 0 Å². The van der Waals surface area contributed by atoms with Crippen LogP contribution in [0.25, 0.3) is 27.8 Å². The van der Waals surface area contributed by atoms with Crippen molar-refractivity contribution in [3.05, 3.63) is 63.9 Å². The average molecular weight is 427 g/mol. The minimum atomic E-state index is 0.907. The number of benzene rings is 2. The molecule has 0 saturated carbocycles. The molecule has 2 heterocycles. The molecule has 0 saturated heterocycles. The molecule has 4 aromatic rings. The number of aryl methyl sites for hydroxylation is 1. The Labute approximate surface area is 154 Å². The molecule has 0 fully saturated rings. The molecule has 0 atom stereocenters. The summed E-state index contributed by atoms with van der Waals surface area (Å²) >= 11 is 2.32. The van der Waals surface area contributed by atoms with Gasteiger partial charge in [0, 0.05) is 20.7 Å². The highest BCUT2D eigenvalue weighted by molar-refractivity contribution is 14.1. The van der Waals surface area contributed by atoms with Gasteiger partial charge in [-0.1, -0.05) is 49.7 Å². The van der Waals surface area contributed by atoms with Gasteiger partial charge in [-0.3, -0.25) is 4.40 Å². The highest BCUT2D eigenvalue weighted by Gasteiger charge is 2.13. The van der Waals surface area contributed by atoms with Gasteiger partial charge in [-0.05, 0) is 58.5 Å². The van der Waals surface area contributed by atoms with Crippen LogP contribution < -0.4 is 0 Å². The molecule has 0 N–H and O–H groups in total. The molecule has 4 rings (SSSR count). The third-order valence-corrected chi connectivity index (χ3v) is 5.12. The molecule has 0 aliphatic heterocycles. The van der Waals surface area contributed by atoms with Gasteiger partial charge in [-0.15, -0.1) is 10.2 Å². The summed E-state index contributed by atoms with van der Waals surface area (Å²) in [5.41, 5.74) is 3.39. The van der Waals surface area contributed by atoms with Gasteiger partial charge in [-0.2, -0.15) is 0 Å². The maximum absolute atomic E-state index is 4.48. The van der Waals surface area contributed by atoms with Crippen molar-refractivity contribution in [2.75, 3.05) is 0 Å². The molecule has 24 heavy (non-hydrogen) atoms. The van der Waals surface area contributed by atoms with Crippen LogP contribution in [0.2, 0.25) is 0 Å². The van der Waals surface area contributed by atoms with E-state index in [2.05, 4.69) is 98.8 Å². The Morgan fingerprint density at radius 3 is 2.46 bits per heavy atom. The SMILES string of the molecule is CCCCc1cn2c(-c3ccc(I)cc3)nnc2c2ccccc12. The zero-order valence-corrected chi connectivity index (χ0v) is 15.7. The number of aromatic nitrogens is 3. The van der Waals surface area contributed by atoms with E-state index in [0.29, 0.717) is 0 Å². The Hall–Kier alpha value is -1.95. The first-order valence-corrected chi connectivity index (χ1v) is 9.37. The fourth-order valence-corrected chi connectivity index (χ4v) is 3.50. The summed E-state index contributed by atoms with van der Waals surface area (Å²) in [6.07, 6.45) is 5.69. The Kier molecular flexibility index (Phi) is 4.22. The summed E-state index contributed by atoms with van der Waals surface area (Å²) in [5, 5.41) is 11.4. The van der Waals surface area contributed by atoms with E-state index in [0.717, 1.165) is 23.5 Å². The summed E-state index contributed by atoms with van der Waals surface area (Å²) in [6, 6.07) is 17.0. The van der Waals surface area contributed by atoms with E-state index in [-0.39, 0.29) is 0 Å². The Morgan fingerprint density at radius 2 is 1.71 bits per heavy atom. The van der Waals surface area contributed by atoms with E-state index in [1.807, 2.05) is 0 Å². The van der Waals surface area contributed by atoms with Crippen molar-refractivity contribution in [2.24, 2.45) is 0 Å². The van der Waals surface area contributed by atoms with Crippen molar-refractivity contribution in [3.63, 3.8) is 0 Å². The zero-order valence-electron chi connectivity index (χ0n) is 13.5. The van der Waals surface area contributed by atoms with E-state index >= 15 is 0 Å². The maximum atomic E-state index is 4.48. The molecule has 0 unspecified atom stereocenters. The topological polar surface area (TPSA) is 30.2 Å². The summed E-state index contributed by atoms with van der Waals surface area (Å²) in [6.45, 7) is 2.23. The van der Waals surface area contributed by atoms with E-state index in [1.165, 1.54) is 32.7 Å². The number of pyridine rings is 1. The lowest BCUT2D eigenvalue weighted by Gasteiger charge is -2.09. The van der Waals surface area contributed by atoms with Crippen LogP contribution in [-0.2, 0) is 6.42 Å². The Balaban J connectivity index is 1.97. The number of nitrogens with zero attached hydrogens (tertiary/aromatic N) is 3. The van der Waals surface area contributed by atoms with Crippen LogP contribution in [0.4, 0.5) is 0 Å². The van der Waals surface area contributed by atoms with Crippen LogP contribution in [-0.4, -0.2) is 14.6 Å². The fraction of sp³-hybridized carbons (Fsp3) is 0.200. The third kappa shape index (κ3) is 2.69. The van der Waals surface area contributed by atoms with Gasteiger partial charge in [0.2, 0.25) is 0 Å². The lowest BCUT2D eigenvalue weighted by atomic mass is 10.0. The standard InChI is InChI=1S/C20H18IN3/c1-2-3-6-15-13-24-19(14-9-11-16(21)12-10-14)22-23-20(24)18-8-5-4-7-17(15)18/h4-5,7-13H,2-3,6H2,1H3. The van der Waals surface area contributed by atoms with E-state index < -0.39 is 0 Å². The van der Waals surface area contributed by atoms with Crippen molar-refractivity contribution in [1.29, 1.82) is 0 Å². The van der Waals surface area contributed by atoms with Crippen LogP contribution >= 0.6 is 22.6 Å². The van der Waals surface area contributed by atoms with E-state index in [9.17, 15) is 0 Å². The second kappa shape index (κ2) is 6.51. The highest BCUT2D eigenvalue weighted by atomic mass is 127. The van der Waals surface area contributed by atoms with Gasteiger partial charge in [0.05, 0.1) is 0 Å². The third-order valence-electron chi connectivity index (χ3n) is 4.40. The van der Waals surface area contributed by atoms with Crippen LogP contribution in [0.1, 0.15) is 25.3 Å². The molecular formula is C20H18IN3. The molecule has 4 heteroatoms. The van der Waals surface area contributed by atoms with Crippen molar-refractivity contribution in [1.82, 2.24) is 14.6 Å². The van der Waals surface area contributed by atoms with Crippen molar-refractivity contribution >= 4 is 39.0 Å². The van der Waals surface area contributed by atoms with Gasteiger partial charge >= 0.3 is 0 Å². The van der Waals surface area contributed by atoms with Gasteiger partial charge in [0.1, 0.15) is 0 Å². The van der Waals surface area contributed by atoms with Crippen molar-refractivity contribution in [2.45, 2.75) is 26.2 Å². The van der Waals surface area contributed by atoms with Gasteiger partial charge in [0.15, 0.2) is 11.5 Å². The largest absolute Gasteiger partial charge is 0.282 e. The zero-order chi connectivity index (χ0) is 16.5. The van der Waals surface area contributed by atoms with E-state index in [4.69, 9.17) is 0 Å². The predicted octanol–water partition coefficient (Wildman–Crippen LogP) is 5.50. The Morgan fingerprint density at radius 1 is 0.958 bits per heavy atom. The first kappa shape index (κ1) is 15.6. The second-order valence-electron chi connectivity index (χ2n) is 6.03. The predicted molar refractivity (Wildman–Crippen MR) is 107 cm³/mol. The maximum Gasteiger partial charge on any atom is 0.168 e. The number of fused-ring (bicyclic) bond motifs is 3. The second-order valence-corrected chi connectivity index (χ2v) is 7.27. The molecule has 120 valence electrons.